The lowest BCUT2D eigenvalue weighted by Gasteiger charge is -2.14. The first-order valence-electron chi connectivity index (χ1n) is 7.51. The van der Waals surface area contributed by atoms with Gasteiger partial charge in [0.25, 0.3) is 0 Å². The molecule has 0 aliphatic rings. The number of carbonyl (C=O) groups is 1. The van der Waals surface area contributed by atoms with Crippen molar-refractivity contribution in [2.45, 2.75) is 40.2 Å². The van der Waals surface area contributed by atoms with Gasteiger partial charge < -0.3 is 20.5 Å². The molecule has 2 rings (SSSR count). The minimum Gasteiger partial charge on any atom is -0.508 e. The number of hydrogen-bond acceptors (Lipinski definition) is 5. The molecule has 8 nitrogen and oxygen atoms in total. The molecule has 0 atom stereocenters. The summed E-state index contributed by atoms with van der Waals surface area (Å²) in [6, 6.07) is 4.66. The van der Waals surface area contributed by atoms with Gasteiger partial charge in [-0.15, -0.1) is 0 Å². The molecule has 24 heavy (non-hydrogen) atoms. The number of rotatable bonds is 5. The fourth-order valence-electron chi connectivity index (χ4n) is 2.37. The zero-order valence-electron chi connectivity index (χ0n) is 14.0. The molecule has 1 aromatic carbocycles. The molecule has 8 heteroatoms. The number of phenols is 1. The summed E-state index contributed by atoms with van der Waals surface area (Å²) >= 11 is 0. The monoisotopic (exact) mass is 332 g/mol. The van der Waals surface area contributed by atoms with Gasteiger partial charge in [0.05, 0.1) is 16.9 Å². The number of hydrogen-bond donors (Lipinski definition) is 2. The topological polar surface area (TPSA) is 110 Å². The molecule has 0 fully saturated rings. The van der Waals surface area contributed by atoms with Gasteiger partial charge in [0.1, 0.15) is 12.3 Å². The maximum absolute atomic E-state index is 12.2. The van der Waals surface area contributed by atoms with Crippen LogP contribution >= 0.6 is 0 Å². The van der Waals surface area contributed by atoms with Crippen molar-refractivity contribution in [1.29, 1.82) is 0 Å². The number of nitrogens with one attached hydrogen (secondary N) is 1. The highest BCUT2D eigenvalue weighted by Crippen LogP contribution is 2.31. The Kier molecular flexibility index (Phi) is 4.87. The van der Waals surface area contributed by atoms with E-state index in [1.807, 2.05) is 13.8 Å². The molecule has 0 saturated heterocycles. The number of amides is 1. The van der Waals surface area contributed by atoms with E-state index in [0.29, 0.717) is 11.4 Å². The first-order valence-corrected chi connectivity index (χ1v) is 7.51. The molecule has 0 aliphatic carbocycles. The van der Waals surface area contributed by atoms with Crippen molar-refractivity contribution in [3.05, 3.63) is 45.1 Å². The van der Waals surface area contributed by atoms with Gasteiger partial charge in [0, 0.05) is 5.69 Å². The highest BCUT2D eigenvalue weighted by Gasteiger charge is 2.18. The lowest BCUT2D eigenvalue weighted by atomic mass is 9.99. The molecular formula is C16H20N4O4. The lowest BCUT2D eigenvalue weighted by Crippen LogP contribution is -2.21. The summed E-state index contributed by atoms with van der Waals surface area (Å²) < 4.78 is 1.28. The highest BCUT2D eigenvalue weighted by molar-refractivity contribution is 5.91. The Labute approximate surface area is 139 Å². The zero-order chi connectivity index (χ0) is 18.0. The van der Waals surface area contributed by atoms with E-state index < -0.39 is 4.92 Å². The van der Waals surface area contributed by atoms with Crippen LogP contribution in [0.15, 0.2) is 18.2 Å². The minimum absolute atomic E-state index is 0.109. The van der Waals surface area contributed by atoms with Gasteiger partial charge in [-0.25, -0.2) is 0 Å². The predicted molar refractivity (Wildman–Crippen MR) is 89.2 cm³/mol. The van der Waals surface area contributed by atoms with E-state index in [2.05, 4.69) is 10.4 Å². The van der Waals surface area contributed by atoms with Crippen molar-refractivity contribution in [3.8, 4) is 5.75 Å². The number of aromatic nitrogens is 2. The second kappa shape index (κ2) is 6.69. The minimum atomic E-state index is -0.597. The first-order chi connectivity index (χ1) is 11.2. The summed E-state index contributed by atoms with van der Waals surface area (Å²) in [4.78, 5) is 22.4. The maximum Gasteiger partial charge on any atom is 0.390 e. The van der Waals surface area contributed by atoms with Crippen LogP contribution in [0.4, 0.5) is 11.5 Å². The number of phenolic OH excluding ortho intramolecular Hbond substituents is 1. The number of benzene rings is 1. The number of anilines is 1. The average Bonchev–Trinajstić information content (AvgIpc) is 2.83. The molecule has 0 radical (unpaired) electrons. The fourth-order valence-corrected chi connectivity index (χ4v) is 2.37. The summed E-state index contributed by atoms with van der Waals surface area (Å²) in [7, 11) is 0. The average molecular weight is 332 g/mol. The van der Waals surface area contributed by atoms with Gasteiger partial charge in [-0.3, -0.25) is 4.79 Å². The van der Waals surface area contributed by atoms with Crippen LogP contribution in [0, 0.1) is 24.0 Å². The van der Waals surface area contributed by atoms with Crippen molar-refractivity contribution < 1.29 is 14.8 Å². The molecule has 0 aliphatic heterocycles. The molecule has 0 bridgehead atoms. The van der Waals surface area contributed by atoms with Crippen molar-refractivity contribution in [2.24, 2.45) is 0 Å². The Hall–Kier alpha value is -2.90. The number of nitro groups is 1. The van der Waals surface area contributed by atoms with Crippen molar-refractivity contribution in [2.75, 3.05) is 5.32 Å². The highest BCUT2D eigenvalue weighted by atomic mass is 16.6. The van der Waals surface area contributed by atoms with E-state index in [1.54, 1.807) is 26.0 Å². The van der Waals surface area contributed by atoms with E-state index in [4.69, 9.17) is 0 Å². The fraction of sp³-hybridized carbons (Fsp3) is 0.375. The van der Waals surface area contributed by atoms with Crippen LogP contribution in [0.3, 0.4) is 0 Å². The van der Waals surface area contributed by atoms with Crippen LogP contribution in [0.5, 0.6) is 5.75 Å². The van der Waals surface area contributed by atoms with E-state index >= 15 is 0 Å². The normalized spacial score (nSPS) is 10.9. The summed E-state index contributed by atoms with van der Waals surface area (Å²) in [5, 5.41) is 27.2. The quantitative estimate of drug-likeness (QED) is 0.497. The Morgan fingerprint density at radius 2 is 2.04 bits per heavy atom. The van der Waals surface area contributed by atoms with Gasteiger partial charge in [-0.05, 0) is 47.9 Å². The van der Waals surface area contributed by atoms with Crippen molar-refractivity contribution in [1.82, 2.24) is 9.78 Å². The molecule has 2 N–H and O–H groups in total. The molecule has 1 amide bonds. The Bertz CT molecular complexity index is 796. The Balaban J connectivity index is 2.18. The molecule has 0 spiro atoms. The van der Waals surface area contributed by atoms with E-state index in [-0.39, 0.29) is 29.9 Å². The van der Waals surface area contributed by atoms with Crippen molar-refractivity contribution in [3.63, 3.8) is 0 Å². The first kappa shape index (κ1) is 17.5. The molecule has 1 aromatic heterocycles. The van der Waals surface area contributed by atoms with Crippen LogP contribution < -0.4 is 5.32 Å². The molecule has 128 valence electrons. The zero-order valence-corrected chi connectivity index (χ0v) is 14.0. The molecular weight excluding hydrogens is 312 g/mol. The third-order valence-electron chi connectivity index (χ3n) is 3.72. The van der Waals surface area contributed by atoms with Gasteiger partial charge >= 0.3 is 5.82 Å². The third-order valence-corrected chi connectivity index (χ3v) is 3.72. The van der Waals surface area contributed by atoms with Gasteiger partial charge in [-0.1, -0.05) is 13.8 Å². The van der Waals surface area contributed by atoms with E-state index in [9.17, 15) is 20.0 Å². The molecule has 2 aromatic rings. The largest absolute Gasteiger partial charge is 0.508 e. The predicted octanol–water partition coefficient (Wildman–Crippen LogP) is 2.88. The van der Waals surface area contributed by atoms with Crippen molar-refractivity contribution >= 4 is 17.4 Å². The second-order valence-electron chi connectivity index (χ2n) is 5.99. The lowest BCUT2D eigenvalue weighted by molar-refractivity contribution is -0.389. The summed E-state index contributed by atoms with van der Waals surface area (Å²) in [6.07, 6.45) is 0. The van der Waals surface area contributed by atoms with Crippen LogP contribution in [0.25, 0.3) is 0 Å². The van der Waals surface area contributed by atoms with Crippen LogP contribution in [-0.4, -0.2) is 25.7 Å². The number of carbonyl (C=O) groups excluding carboxylic acids is 1. The molecule has 0 saturated carbocycles. The molecule has 0 unspecified atom stereocenters. The van der Waals surface area contributed by atoms with Gasteiger partial charge in [-0.2, -0.15) is 4.68 Å². The summed E-state index contributed by atoms with van der Waals surface area (Å²) in [5.41, 5.74) is 2.60. The van der Waals surface area contributed by atoms with E-state index in [1.165, 1.54) is 10.7 Å². The number of nitrogens with zero attached hydrogens (tertiary/aromatic N) is 3. The summed E-state index contributed by atoms with van der Waals surface area (Å²) in [6.45, 7) is 7.20. The second-order valence-corrected chi connectivity index (χ2v) is 5.99. The van der Waals surface area contributed by atoms with E-state index in [0.717, 1.165) is 11.1 Å². The SMILES string of the molecule is Cc1cc(O)c(C(C)C)cc1NC(=O)Cn1nc([N+](=O)[O-])cc1C. The van der Waals surface area contributed by atoms with Gasteiger partial charge in [0.15, 0.2) is 0 Å². The van der Waals surface area contributed by atoms with Crippen LogP contribution in [0.1, 0.15) is 36.6 Å². The smallest absolute Gasteiger partial charge is 0.390 e. The van der Waals surface area contributed by atoms with Gasteiger partial charge in [0.2, 0.25) is 5.91 Å². The maximum atomic E-state index is 12.2. The third kappa shape index (κ3) is 3.70. The van der Waals surface area contributed by atoms with Crippen LogP contribution in [-0.2, 0) is 11.3 Å². The molecule has 1 heterocycles. The summed E-state index contributed by atoms with van der Waals surface area (Å²) in [5.74, 6) is -0.334. The number of aromatic hydroxyl groups is 1. The number of aryl methyl sites for hydroxylation is 2. The van der Waals surface area contributed by atoms with Crippen LogP contribution in [0.2, 0.25) is 0 Å². The Morgan fingerprint density at radius 1 is 1.38 bits per heavy atom. The Morgan fingerprint density at radius 3 is 2.58 bits per heavy atom. The standard InChI is InChI=1S/C16H20N4O4/c1-9(2)12-7-13(10(3)5-14(12)21)17-16(22)8-19-11(4)6-15(18-19)20(23)24/h5-7,9,21H,8H2,1-4H3,(H,17,22).